The maximum absolute atomic E-state index is 12.6. The molecule has 0 aliphatic rings. The van der Waals surface area contributed by atoms with Gasteiger partial charge in [0, 0.05) is 4.88 Å². The molecule has 0 aliphatic carbocycles. The average Bonchev–Trinajstić information content (AvgIpc) is 2.90. The molecule has 7 heteroatoms. The van der Waals surface area contributed by atoms with E-state index in [4.69, 9.17) is 9.47 Å². The Labute approximate surface area is 149 Å². The lowest BCUT2D eigenvalue weighted by molar-refractivity contribution is 0.311. The third-order valence-electron chi connectivity index (χ3n) is 3.89. The molecule has 2 aromatic heterocycles. The molecule has 6 nitrogen and oxygen atoms in total. The second kappa shape index (κ2) is 7.06. The van der Waals surface area contributed by atoms with Crippen molar-refractivity contribution >= 4 is 27.8 Å². The number of nitrogens with zero attached hydrogens (tertiary/aromatic N) is 3. The molecule has 0 radical (unpaired) electrons. The topological polar surface area (TPSA) is 65.7 Å². The fraction of sp³-hybridized carbons (Fsp3) is 0.278. The van der Waals surface area contributed by atoms with Gasteiger partial charge in [0.15, 0.2) is 11.5 Å². The second-order valence-electron chi connectivity index (χ2n) is 5.45. The van der Waals surface area contributed by atoms with Crippen LogP contribution in [-0.2, 0) is 0 Å². The number of methoxy groups -OCH3 is 1. The number of aromatic nitrogens is 2. The van der Waals surface area contributed by atoms with Gasteiger partial charge in [0.1, 0.15) is 11.2 Å². The number of fused-ring (bicyclic) bond motifs is 1. The Hall–Kier alpha value is -2.67. The van der Waals surface area contributed by atoms with Gasteiger partial charge in [-0.3, -0.25) is 4.79 Å². The van der Waals surface area contributed by atoms with Crippen molar-refractivity contribution in [2.24, 2.45) is 5.10 Å². The maximum atomic E-state index is 12.6. The number of thiophene rings is 1. The standard InChI is InChI=1S/C18H19N3O3S/c1-5-24-14-7-6-13(8-15(14)23-4)9-20-21-10-19-17-16(18(21)22)11(2)12(3)25-17/h6-10H,5H2,1-4H3/b20-9+. The van der Waals surface area contributed by atoms with Crippen LogP contribution in [0.4, 0.5) is 0 Å². The first-order valence-electron chi connectivity index (χ1n) is 7.87. The van der Waals surface area contributed by atoms with Gasteiger partial charge in [-0.2, -0.15) is 9.78 Å². The number of ether oxygens (including phenoxy) is 2. The molecule has 0 unspecified atom stereocenters. The number of hydrogen-bond donors (Lipinski definition) is 0. The van der Waals surface area contributed by atoms with E-state index in [0.717, 1.165) is 20.8 Å². The normalized spacial score (nSPS) is 11.4. The van der Waals surface area contributed by atoms with Gasteiger partial charge in [0.05, 0.1) is 25.3 Å². The van der Waals surface area contributed by atoms with Crippen molar-refractivity contribution in [3.8, 4) is 11.5 Å². The first-order chi connectivity index (χ1) is 12.0. The fourth-order valence-corrected chi connectivity index (χ4v) is 3.46. The van der Waals surface area contributed by atoms with Gasteiger partial charge in [-0.1, -0.05) is 0 Å². The Bertz CT molecular complexity index is 1000. The molecule has 0 fully saturated rings. The smallest absolute Gasteiger partial charge is 0.282 e. The molecule has 0 aliphatic heterocycles. The number of benzene rings is 1. The molecule has 2 heterocycles. The van der Waals surface area contributed by atoms with Crippen molar-refractivity contribution in [3.63, 3.8) is 0 Å². The van der Waals surface area contributed by atoms with Crippen molar-refractivity contribution < 1.29 is 9.47 Å². The monoisotopic (exact) mass is 357 g/mol. The van der Waals surface area contributed by atoms with Crippen molar-refractivity contribution in [2.75, 3.05) is 13.7 Å². The van der Waals surface area contributed by atoms with Gasteiger partial charge in [0.25, 0.3) is 5.56 Å². The van der Waals surface area contributed by atoms with Crippen molar-refractivity contribution in [1.29, 1.82) is 0 Å². The highest BCUT2D eigenvalue weighted by Gasteiger charge is 2.11. The minimum atomic E-state index is -0.166. The number of hydrogen-bond acceptors (Lipinski definition) is 6. The molecule has 25 heavy (non-hydrogen) atoms. The third kappa shape index (κ3) is 3.28. The molecular weight excluding hydrogens is 338 g/mol. The summed E-state index contributed by atoms with van der Waals surface area (Å²) in [5, 5.41) is 4.88. The Balaban J connectivity index is 1.97. The third-order valence-corrected chi connectivity index (χ3v) is 5.01. The van der Waals surface area contributed by atoms with Gasteiger partial charge >= 0.3 is 0 Å². The van der Waals surface area contributed by atoms with Crippen LogP contribution in [0.3, 0.4) is 0 Å². The predicted octanol–water partition coefficient (Wildman–Crippen LogP) is 3.36. The molecule has 130 valence electrons. The first-order valence-corrected chi connectivity index (χ1v) is 8.69. The summed E-state index contributed by atoms with van der Waals surface area (Å²) >= 11 is 1.52. The van der Waals surface area contributed by atoms with Crippen LogP contribution < -0.4 is 15.0 Å². The van der Waals surface area contributed by atoms with Crippen LogP contribution in [0.2, 0.25) is 0 Å². The van der Waals surface area contributed by atoms with Gasteiger partial charge < -0.3 is 9.47 Å². The zero-order valence-electron chi connectivity index (χ0n) is 14.6. The van der Waals surface area contributed by atoms with E-state index in [1.807, 2.05) is 39.0 Å². The predicted molar refractivity (Wildman–Crippen MR) is 101 cm³/mol. The molecular formula is C18H19N3O3S. The quantitative estimate of drug-likeness (QED) is 0.657. The van der Waals surface area contributed by atoms with E-state index in [0.29, 0.717) is 23.5 Å². The van der Waals surface area contributed by atoms with E-state index in [1.54, 1.807) is 13.3 Å². The van der Waals surface area contributed by atoms with Gasteiger partial charge in [-0.05, 0) is 50.1 Å². The molecule has 3 rings (SSSR count). The second-order valence-corrected chi connectivity index (χ2v) is 6.65. The summed E-state index contributed by atoms with van der Waals surface area (Å²) in [7, 11) is 1.59. The highest BCUT2D eigenvalue weighted by molar-refractivity contribution is 7.18. The van der Waals surface area contributed by atoms with Crippen LogP contribution in [0.5, 0.6) is 11.5 Å². The summed E-state index contributed by atoms with van der Waals surface area (Å²) in [6, 6.07) is 5.49. The first kappa shape index (κ1) is 17.2. The number of rotatable bonds is 5. The van der Waals surface area contributed by atoms with E-state index < -0.39 is 0 Å². The maximum Gasteiger partial charge on any atom is 0.282 e. The summed E-state index contributed by atoms with van der Waals surface area (Å²) < 4.78 is 12.1. The summed E-state index contributed by atoms with van der Waals surface area (Å²) in [4.78, 5) is 18.8. The summed E-state index contributed by atoms with van der Waals surface area (Å²) in [6.07, 6.45) is 3.05. The zero-order valence-corrected chi connectivity index (χ0v) is 15.4. The van der Waals surface area contributed by atoms with Gasteiger partial charge in [-0.25, -0.2) is 4.98 Å². The van der Waals surface area contributed by atoms with Crippen LogP contribution in [0.15, 0.2) is 34.4 Å². The Morgan fingerprint density at radius 2 is 2.12 bits per heavy atom. The highest BCUT2D eigenvalue weighted by Crippen LogP contribution is 2.27. The van der Waals surface area contributed by atoms with E-state index in [9.17, 15) is 4.79 Å². The molecule has 3 aromatic rings. The van der Waals surface area contributed by atoms with E-state index in [2.05, 4.69) is 10.1 Å². The lowest BCUT2D eigenvalue weighted by Crippen LogP contribution is -2.16. The minimum absolute atomic E-state index is 0.166. The summed E-state index contributed by atoms with van der Waals surface area (Å²) in [6.45, 7) is 6.40. The lowest BCUT2D eigenvalue weighted by Gasteiger charge is -2.09. The molecule has 0 saturated carbocycles. The lowest BCUT2D eigenvalue weighted by atomic mass is 10.2. The minimum Gasteiger partial charge on any atom is -0.493 e. The van der Waals surface area contributed by atoms with Crippen molar-refractivity contribution in [1.82, 2.24) is 9.66 Å². The molecule has 0 amide bonds. The molecule has 0 spiro atoms. The number of aryl methyl sites for hydroxylation is 2. The van der Waals surface area contributed by atoms with Crippen LogP contribution >= 0.6 is 11.3 Å². The van der Waals surface area contributed by atoms with Crippen LogP contribution in [0.1, 0.15) is 22.9 Å². The summed E-state index contributed by atoms with van der Waals surface area (Å²) in [5.74, 6) is 1.29. The van der Waals surface area contributed by atoms with Crippen LogP contribution in [0, 0.1) is 13.8 Å². The summed E-state index contributed by atoms with van der Waals surface area (Å²) in [5.41, 5.74) is 1.59. The SMILES string of the molecule is CCOc1ccc(/C=N/n2cnc3sc(C)c(C)c3c2=O)cc1OC. The van der Waals surface area contributed by atoms with Crippen molar-refractivity contribution in [3.05, 3.63) is 50.9 Å². The zero-order chi connectivity index (χ0) is 18.0. The fourth-order valence-electron chi connectivity index (χ4n) is 2.48. The van der Waals surface area contributed by atoms with E-state index >= 15 is 0 Å². The highest BCUT2D eigenvalue weighted by atomic mass is 32.1. The average molecular weight is 357 g/mol. The van der Waals surface area contributed by atoms with E-state index in [1.165, 1.54) is 22.3 Å². The van der Waals surface area contributed by atoms with Crippen molar-refractivity contribution in [2.45, 2.75) is 20.8 Å². The van der Waals surface area contributed by atoms with Crippen LogP contribution in [-0.4, -0.2) is 29.6 Å². The Morgan fingerprint density at radius 1 is 1.32 bits per heavy atom. The molecule has 1 aromatic carbocycles. The largest absolute Gasteiger partial charge is 0.493 e. The Kier molecular flexibility index (Phi) is 4.85. The molecule has 0 N–H and O–H groups in total. The molecule has 0 atom stereocenters. The van der Waals surface area contributed by atoms with Gasteiger partial charge in [0.2, 0.25) is 0 Å². The van der Waals surface area contributed by atoms with Gasteiger partial charge in [-0.15, -0.1) is 11.3 Å². The molecule has 0 saturated heterocycles. The molecule has 0 bridgehead atoms. The van der Waals surface area contributed by atoms with Crippen LogP contribution in [0.25, 0.3) is 10.2 Å². The van der Waals surface area contributed by atoms with E-state index in [-0.39, 0.29) is 5.56 Å². The Morgan fingerprint density at radius 3 is 2.84 bits per heavy atom.